The maximum Gasteiger partial charge on any atom is 0.125 e. The summed E-state index contributed by atoms with van der Waals surface area (Å²) in [6, 6.07) is 10.1. The number of halogens is 1. The predicted octanol–water partition coefficient (Wildman–Crippen LogP) is 5.01. The van der Waals surface area contributed by atoms with Crippen molar-refractivity contribution in [2.45, 2.75) is 40.4 Å². The number of ether oxygens (including phenoxy) is 1. The molecular formula is C18H21BrO2. The Morgan fingerprint density at radius 1 is 1.10 bits per heavy atom. The Bertz CT molecular complexity index is 625. The second-order valence-corrected chi connectivity index (χ2v) is 6.44. The summed E-state index contributed by atoms with van der Waals surface area (Å²) in [4.78, 5) is 0. The van der Waals surface area contributed by atoms with Crippen molar-refractivity contribution in [1.82, 2.24) is 0 Å². The minimum Gasteiger partial charge on any atom is -0.489 e. The van der Waals surface area contributed by atoms with Crippen LogP contribution >= 0.6 is 15.9 Å². The zero-order chi connectivity index (χ0) is 15.6. The Morgan fingerprint density at radius 2 is 1.71 bits per heavy atom. The van der Waals surface area contributed by atoms with Crippen LogP contribution in [0.5, 0.6) is 5.75 Å². The lowest BCUT2D eigenvalue weighted by molar-refractivity contribution is 0.190. The number of rotatable bonds is 4. The number of hydrogen-bond donors (Lipinski definition) is 1. The molecule has 3 heteroatoms. The molecule has 112 valence electrons. The molecule has 0 aliphatic heterocycles. The highest BCUT2D eigenvalue weighted by molar-refractivity contribution is 9.10. The largest absolute Gasteiger partial charge is 0.489 e. The van der Waals surface area contributed by atoms with E-state index in [0.717, 1.165) is 15.8 Å². The molecule has 21 heavy (non-hydrogen) atoms. The Labute approximate surface area is 134 Å². The van der Waals surface area contributed by atoms with Crippen molar-refractivity contribution >= 4 is 15.9 Å². The van der Waals surface area contributed by atoms with Gasteiger partial charge in [0, 0.05) is 10.0 Å². The molecule has 0 aliphatic carbocycles. The van der Waals surface area contributed by atoms with Gasteiger partial charge in [-0.05, 0) is 62.6 Å². The first-order chi connectivity index (χ1) is 9.88. The summed E-state index contributed by atoms with van der Waals surface area (Å²) in [6.07, 6.45) is -0.558. The first-order valence-electron chi connectivity index (χ1n) is 7.05. The molecule has 0 radical (unpaired) electrons. The molecule has 2 nitrogen and oxygen atoms in total. The molecule has 1 atom stereocenters. The topological polar surface area (TPSA) is 29.5 Å². The van der Waals surface area contributed by atoms with Crippen molar-refractivity contribution in [3.05, 3.63) is 62.6 Å². The molecule has 2 aromatic rings. The van der Waals surface area contributed by atoms with Gasteiger partial charge in [0.25, 0.3) is 0 Å². The third-order valence-corrected chi connectivity index (χ3v) is 4.13. The molecule has 0 bridgehead atoms. The van der Waals surface area contributed by atoms with E-state index in [1.165, 1.54) is 22.3 Å². The zero-order valence-corrected chi connectivity index (χ0v) is 14.5. The molecule has 2 rings (SSSR count). The normalized spacial score (nSPS) is 12.3. The average Bonchev–Trinajstić information content (AvgIpc) is 2.38. The summed E-state index contributed by atoms with van der Waals surface area (Å²) in [7, 11) is 0. The highest BCUT2D eigenvalue weighted by Gasteiger charge is 2.11. The highest BCUT2D eigenvalue weighted by atomic mass is 79.9. The first-order valence-corrected chi connectivity index (χ1v) is 7.85. The van der Waals surface area contributed by atoms with Crippen LogP contribution in [0.4, 0.5) is 0 Å². The summed E-state index contributed by atoms with van der Waals surface area (Å²) in [5, 5.41) is 9.87. The van der Waals surface area contributed by atoms with Crippen molar-refractivity contribution in [3.63, 3.8) is 0 Å². The van der Waals surface area contributed by atoms with E-state index in [1.807, 2.05) is 18.2 Å². The van der Waals surface area contributed by atoms with Gasteiger partial charge < -0.3 is 9.84 Å². The van der Waals surface area contributed by atoms with Gasteiger partial charge in [-0.25, -0.2) is 0 Å². The molecule has 0 aromatic heterocycles. The van der Waals surface area contributed by atoms with E-state index in [-0.39, 0.29) is 0 Å². The van der Waals surface area contributed by atoms with Crippen LogP contribution < -0.4 is 4.74 Å². The Hall–Kier alpha value is -1.32. The predicted molar refractivity (Wildman–Crippen MR) is 89.8 cm³/mol. The van der Waals surface area contributed by atoms with Crippen molar-refractivity contribution in [2.75, 3.05) is 0 Å². The summed E-state index contributed by atoms with van der Waals surface area (Å²) in [5.74, 6) is 0.729. The van der Waals surface area contributed by atoms with E-state index in [1.54, 1.807) is 6.92 Å². The van der Waals surface area contributed by atoms with Gasteiger partial charge >= 0.3 is 0 Å². The van der Waals surface area contributed by atoms with Crippen LogP contribution in [0.15, 0.2) is 34.8 Å². The van der Waals surface area contributed by atoms with Gasteiger partial charge in [0.2, 0.25) is 0 Å². The summed E-state index contributed by atoms with van der Waals surface area (Å²) in [5.41, 5.74) is 5.75. The number of aryl methyl sites for hydroxylation is 3. The van der Waals surface area contributed by atoms with E-state index in [9.17, 15) is 5.11 Å². The van der Waals surface area contributed by atoms with Gasteiger partial charge in [0.1, 0.15) is 12.4 Å². The number of benzene rings is 2. The number of aliphatic hydroxyl groups is 1. The van der Waals surface area contributed by atoms with Crippen LogP contribution in [0.2, 0.25) is 0 Å². The molecular weight excluding hydrogens is 328 g/mol. The SMILES string of the molecule is Cc1cc(C)c(COc2ccc(Br)cc2[C@H](C)O)c(C)c1. The Kier molecular flexibility index (Phi) is 5.07. The molecule has 0 saturated heterocycles. The Balaban J connectivity index is 2.25. The quantitative estimate of drug-likeness (QED) is 0.841. The molecule has 0 unspecified atom stereocenters. The van der Waals surface area contributed by atoms with Crippen LogP contribution in [0.1, 0.15) is 40.8 Å². The monoisotopic (exact) mass is 348 g/mol. The summed E-state index contributed by atoms with van der Waals surface area (Å²) in [6.45, 7) is 8.58. The molecule has 0 heterocycles. The lowest BCUT2D eigenvalue weighted by Gasteiger charge is -2.16. The molecule has 2 aromatic carbocycles. The van der Waals surface area contributed by atoms with Gasteiger partial charge in [-0.1, -0.05) is 33.6 Å². The minimum atomic E-state index is -0.558. The first kappa shape index (κ1) is 16.1. The van der Waals surface area contributed by atoms with E-state index < -0.39 is 6.10 Å². The standard InChI is InChI=1S/C18H21BrO2/c1-11-7-12(2)17(13(3)8-11)10-21-18-6-5-15(19)9-16(18)14(4)20/h5-9,14,20H,10H2,1-4H3/t14-/m0/s1. The fourth-order valence-electron chi connectivity index (χ4n) is 2.56. The third-order valence-electron chi connectivity index (χ3n) is 3.63. The van der Waals surface area contributed by atoms with E-state index in [4.69, 9.17) is 4.74 Å². The van der Waals surface area contributed by atoms with E-state index in [0.29, 0.717) is 6.61 Å². The van der Waals surface area contributed by atoms with E-state index >= 15 is 0 Å². The van der Waals surface area contributed by atoms with Gasteiger partial charge in [0.05, 0.1) is 6.10 Å². The molecule has 0 fully saturated rings. The lowest BCUT2D eigenvalue weighted by Crippen LogP contribution is -2.04. The van der Waals surface area contributed by atoms with Crippen molar-refractivity contribution in [2.24, 2.45) is 0 Å². The second kappa shape index (κ2) is 6.63. The summed E-state index contributed by atoms with van der Waals surface area (Å²) >= 11 is 3.43. The number of aliphatic hydroxyl groups excluding tert-OH is 1. The Morgan fingerprint density at radius 3 is 2.29 bits per heavy atom. The maximum absolute atomic E-state index is 9.87. The zero-order valence-electron chi connectivity index (χ0n) is 12.9. The van der Waals surface area contributed by atoms with Crippen molar-refractivity contribution < 1.29 is 9.84 Å². The van der Waals surface area contributed by atoms with Gasteiger partial charge in [-0.2, -0.15) is 0 Å². The van der Waals surface area contributed by atoms with Crippen LogP contribution in [0.25, 0.3) is 0 Å². The smallest absolute Gasteiger partial charge is 0.125 e. The minimum absolute atomic E-state index is 0.513. The average molecular weight is 349 g/mol. The van der Waals surface area contributed by atoms with Crippen LogP contribution in [0, 0.1) is 20.8 Å². The highest BCUT2D eigenvalue weighted by Crippen LogP contribution is 2.29. The van der Waals surface area contributed by atoms with Crippen LogP contribution in [-0.4, -0.2) is 5.11 Å². The molecule has 0 amide bonds. The molecule has 0 saturated carbocycles. The van der Waals surface area contributed by atoms with Crippen molar-refractivity contribution in [3.8, 4) is 5.75 Å². The third kappa shape index (κ3) is 3.86. The van der Waals surface area contributed by atoms with E-state index in [2.05, 4.69) is 48.8 Å². The van der Waals surface area contributed by atoms with Crippen molar-refractivity contribution in [1.29, 1.82) is 0 Å². The fourth-order valence-corrected chi connectivity index (χ4v) is 2.94. The van der Waals surface area contributed by atoms with Crippen LogP contribution in [-0.2, 0) is 6.61 Å². The van der Waals surface area contributed by atoms with Crippen LogP contribution in [0.3, 0.4) is 0 Å². The molecule has 0 spiro atoms. The summed E-state index contributed by atoms with van der Waals surface area (Å²) < 4.78 is 6.90. The molecule has 1 N–H and O–H groups in total. The van der Waals surface area contributed by atoms with Gasteiger partial charge in [-0.15, -0.1) is 0 Å². The molecule has 0 aliphatic rings. The fraction of sp³-hybridized carbons (Fsp3) is 0.333. The lowest BCUT2D eigenvalue weighted by atomic mass is 10.0. The van der Waals surface area contributed by atoms with Gasteiger partial charge in [-0.3, -0.25) is 0 Å². The van der Waals surface area contributed by atoms with Gasteiger partial charge in [0.15, 0.2) is 0 Å². The second-order valence-electron chi connectivity index (χ2n) is 5.52. The number of hydrogen-bond acceptors (Lipinski definition) is 2. The maximum atomic E-state index is 9.87.